The van der Waals surface area contributed by atoms with Gasteiger partial charge in [0.2, 0.25) is 0 Å². The van der Waals surface area contributed by atoms with Crippen LogP contribution >= 0.6 is 0 Å². The number of aromatic nitrogens is 3. The fraction of sp³-hybridized carbons (Fsp3) is 0.148. The molecule has 5 nitrogen and oxygen atoms in total. The van der Waals surface area contributed by atoms with Crippen LogP contribution in [0.4, 0.5) is 14.5 Å². The lowest BCUT2D eigenvalue weighted by Gasteiger charge is -2.11. The molecule has 0 saturated heterocycles. The standard InChI is InChI=1S/C27H20F2N4O/c1-16-11-18(5-7-21(16)28)25(34)14-19-12-17(4-6-22(19)29)13-24-20(3-2-9-30-24)26-27-23(8-10-31-27)32-15-33-26/h2-7,9-12,15H,8,13-14H2,1H3. The minimum absolute atomic E-state index is 0.117. The molecule has 0 bridgehead atoms. The van der Waals surface area contributed by atoms with Gasteiger partial charge in [-0.15, -0.1) is 0 Å². The highest BCUT2D eigenvalue weighted by Crippen LogP contribution is 2.34. The van der Waals surface area contributed by atoms with Gasteiger partial charge in [0.25, 0.3) is 0 Å². The highest BCUT2D eigenvalue weighted by Gasteiger charge is 2.19. The van der Waals surface area contributed by atoms with Crippen molar-refractivity contribution in [3.8, 4) is 11.3 Å². The number of benzene rings is 2. The Morgan fingerprint density at radius 3 is 2.71 bits per heavy atom. The van der Waals surface area contributed by atoms with Gasteiger partial charge in [-0.1, -0.05) is 12.1 Å². The molecular formula is C27H20F2N4O. The number of carbonyl (C=O) groups excluding carboxylic acids is 1. The van der Waals surface area contributed by atoms with Gasteiger partial charge in [-0.3, -0.25) is 14.8 Å². The van der Waals surface area contributed by atoms with Gasteiger partial charge >= 0.3 is 0 Å². The molecule has 2 aromatic heterocycles. The number of nitrogens with zero attached hydrogens (tertiary/aromatic N) is 4. The summed E-state index contributed by atoms with van der Waals surface area (Å²) in [6.45, 7) is 1.59. The van der Waals surface area contributed by atoms with E-state index in [1.54, 1.807) is 25.3 Å². The maximum Gasteiger partial charge on any atom is 0.167 e. The quantitative estimate of drug-likeness (QED) is 0.366. The molecule has 1 aliphatic rings. The Morgan fingerprint density at radius 1 is 1.00 bits per heavy atom. The van der Waals surface area contributed by atoms with E-state index in [4.69, 9.17) is 0 Å². The number of aliphatic imine (C=N–C) groups is 1. The first kappa shape index (κ1) is 21.7. The number of carbonyl (C=O) groups is 1. The van der Waals surface area contributed by atoms with Crippen molar-refractivity contribution in [2.24, 2.45) is 4.99 Å². The second-order valence-electron chi connectivity index (χ2n) is 8.20. The number of rotatable bonds is 6. The van der Waals surface area contributed by atoms with E-state index in [1.165, 1.54) is 30.6 Å². The second kappa shape index (κ2) is 9.02. The van der Waals surface area contributed by atoms with Crippen LogP contribution in [0.3, 0.4) is 0 Å². The molecule has 4 aromatic rings. The number of ketones is 1. The Hall–Kier alpha value is -4.13. The summed E-state index contributed by atoms with van der Waals surface area (Å²) in [5.74, 6) is -1.11. The van der Waals surface area contributed by atoms with E-state index in [0.717, 1.165) is 28.2 Å². The number of pyridine rings is 1. The van der Waals surface area contributed by atoms with E-state index in [1.807, 2.05) is 18.3 Å². The molecule has 0 N–H and O–H groups in total. The van der Waals surface area contributed by atoms with Crippen LogP contribution in [0.25, 0.3) is 11.3 Å². The lowest BCUT2D eigenvalue weighted by Crippen LogP contribution is -2.07. The third-order valence-electron chi connectivity index (χ3n) is 5.86. The van der Waals surface area contributed by atoms with Crippen molar-refractivity contribution in [3.05, 3.63) is 106 Å². The van der Waals surface area contributed by atoms with Gasteiger partial charge in [-0.2, -0.15) is 0 Å². The summed E-state index contributed by atoms with van der Waals surface area (Å²) in [7, 11) is 0. The van der Waals surface area contributed by atoms with Crippen LogP contribution in [0.1, 0.15) is 38.4 Å². The molecule has 0 fully saturated rings. The van der Waals surface area contributed by atoms with E-state index in [9.17, 15) is 13.6 Å². The lowest BCUT2D eigenvalue weighted by atomic mass is 9.97. The van der Waals surface area contributed by atoms with E-state index in [-0.39, 0.29) is 23.6 Å². The zero-order valence-corrected chi connectivity index (χ0v) is 18.4. The van der Waals surface area contributed by atoms with E-state index in [0.29, 0.717) is 29.7 Å². The Balaban J connectivity index is 1.43. The zero-order chi connectivity index (χ0) is 23.7. The number of hydrogen-bond donors (Lipinski definition) is 0. The first-order valence-electron chi connectivity index (χ1n) is 10.9. The van der Waals surface area contributed by atoms with Crippen molar-refractivity contribution in [1.82, 2.24) is 15.0 Å². The van der Waals surface area contributed by atoms with Gasteiger partial charge in [-0.05, 0) is 60.0 Å². The summed E-state index contributed by atoms with van der Waals surface area (Å²) in [4.78, 5) is 30.4. The average Bonchev–Trinajstić information content (AvgIpc) is 3.32. The minimum Gasteiger partial charge on any atom is -0.294 e. The third kappa shape index (κ3) is 4.24. The normalized spacial score (nSPS) is 12.1. The van der Waals surface area contributed by atoms with Gasteiger partial charge in [-0.25, -0.2) is 18.7 Å². The number of hydrogen-bond acceptors (Lipinski definition) is 5. The fourth-order valence-electron chi connectivity index (χ4n) is 4.08. The summed E-state index contributed by atoms with van der Waals surface area (Å²) in [6, 6.07) is 12.7. The predicted octanol–water partition coefficient (Wildman–Crippen LogP) is 5.40. The number of fused-ring (bicyclic) bond motifs is 1. The van der Waals surface area contributed by atoms with Crippen LogP contribution in [0.2, 0.25) is 0 Å². The zero-order valence-electron chi connectivity index (χ0n) is 18.4. The molecular weight excluding hydrogens is 434 g/mol. The Labute approximate surface area is 195 Å². The monoisotopic (exact) mass is 454 g/mol. The van der Waals surface area contributed by atoms with Crippen LogP contribution in [-0.2, 0) is 19.3 Å². The van der Waals surface area contributed by atoms with Gasteiger partial charge in [0.1, 0.15) is 29.3 Å². The van der Waals surface area contributed by atoms with Gasteiger partial charge < -0.3 is 0 Å². The largest absolute Gasteiger partial charge is 0.294 e. The smallest absolute Gasteiger partial charge is 0.167 e. The summed E-state index contributed by atoms with van der Waals surface area (Å²) < 4.78 is 28.1. The average molecular weight is 454 g/mol. The van der Waals surface area contributed by atoms with Gasteiger partial charge in [0.15, 0.2) is 5.78 Å². The maximum atomic E-state index is 14.6. The highest BCUT2D eigenvalue weighted by molar-refractivity contribution is 5.97. The first-order valence-corrected chi connectivity index (χ1v) is 10.9. The number of Topliss-reactive ketones (excluding diaryl/α,β-unsaturated/α-hetero) is 1. The molecule has 7 heteroatoms. The van der Waals surface area contributed by atoms with E-state index in [2.05, 4.69) is 19.9 Å². The van der Waals surface area contributed by atoms with Crippen molar-refractivity contribution < 1.29 is 13.6 Å². The summed E-state index contributed by atoms with van der Waals surface area (Å²) in [6.07, 6.45) is 6.02. The van der Waals surface area contributed by atoms with Crippen LogP contribution in [0, 0.1) is 18.6 Å². The molecule has 0 saturated carbocycles. The van der Waals surface area contributed by atoms with Gasteiger partial charge in [0, 0.05) is 42.8 Å². The minimum atomic E-state index is -0.458. The summed E-state index contributed by atoms with van der Waals surface area (Å²) >= 11 is 0. The molecule has 0 radical (unpaired) electrons. The van der Waals surface area contributed by atoms with Crippen molar-refractivity contribution in [3.63, 3.8) is 0 Å². The molecule has 168 valence electrons. The first-order chi connectivity index (χ1) is 16.5. The van der Waals surface area contributed by atoms with Crippen LogP contribution < -0.4 is 0 Å². The van der Waals surface area contributed by atoms with Crippen molar-refractivity contribution >= 4 is 17.7 Å². The molecule has 0 atom stereocenters. The van der Waals surface area contributed by atoms with Crippen LogP contribution in [-0.4, -0.2) is 26.9 Å². The molecule has 1 aliphatic heterocycles. The molecule has 0 amide bonds. The van der Waals surface area contributed by atoms with Crippen molar-refractivity contribution in [2.75, 3.05) is 0 Å². The van der Waals surface area contributed by atoms with Crippen molar-refractivity contribution in [1.29, 1.82) is 0 Å². The van der Waals surface area contributed by atoms with Crippen molar-refractivity contribution in [2.45, 2.75) is 26.2 Å². The fourth-order valence-corrected chi connectivity index (χ4v) is 4.08. The highest BCUT2D eigenvalue weighted by atomic mass is 19.1. The maximum absolute atomic E-state index is 14.6. The Morgan fingerprint density at radius 2 is 1.85 bits per heavy atom. The third-order valence-corrected chi connectivity index (χ3v) is 5.86. The Kier molecular flexibility index (Phi) is 5.76. The number of halogens is 2. The molecule has 0 spiro atoms. The SMILES string of the molecule is Cc1cc(C(=O)Cc2cc(Cc3ncccc3-c3ncnc4c3N=CC4)ccc2F)ccc1F. The predicted molar refractivity (Wildman–Crippen MR) is 125 cm³/mol. The molecule has 3 heterocycles. The number of aryl methyl sites for hydroxylation is 1. The second-order valence-corrected chi connectivity index (χ2v) is 8.20. The Bertz CT molecular complexity index is 1450. The molecule has 34 heavy (non-hydrogen) atoms. The molecule has 0 unspecified atom stereocenters. The topological polar surface area (TPSA) is 68.1 Å². The van der Waals surface area contributed by atoms with E-state index >= 15 is 0 Å². The molecule has 0 aliphatic carbocycles. The van der Waals surface area contributed by atoms with E-state index < -0.39 is 5.82 Å². The van der Waals surface area contributed by atoms with Gasteiger partial charge in [0.05, 0.1) is 11.4 Å². The lowest BCUT2D eigenvalue weighted by molar-refractivity contribution is 0.0991. The van der Waals surface area contributed by atoms with Crippen LogP contribution in [0.15, 0.2) is 66.0 Å². The molecule has 2 aromatic carbocycles. The molecule has 5 rings (SSSR count). The summed E-state index contributed by atoms with van der Waals surface area (Å²) in [5, 5.41) is 0. The van der Waals surface area contributed by atoms with Crippen LogP contribution in [0.5, 0.6) is 0 Å². The summed E-state index contributed by atoms with van der Waals surface area (Å²) in [5.41, 5.74) is 5.77.